The number of carbonyl (C=O) groups is 1. The molecule has 2 aromatic rings. The second-order valence-electron chi connectivity index (χ2n) is 7.27. The van der Waals surface area contributed by atoms with Gasteiger partial charge < -0.3 is 5.32 Å². The molecule has 4 rings (SSSR count). The fourth-order valence-electron chi connectivity index (χ4n) is 3.98. The topological polar surface area (TPSA) is 110 Å². The van der Waals surface area contributed by atoms with Gasteiger partial charge in [0.25, 0.3) is 0 Å². The fraction of sp³-hybridized carbons (Fsp3) is 0.562. The molecule has 0 unspecified atom stereocenters. The Labute approximate surface area is 156 Å². The summed E-state index contributed by atoms with van der Waals surface area (Å²) in [5.41, 5.74) is 3.21. The standard InChI is InChI=1S/C16H21N5O3S2/c1-9-13(14-11-6-17-19-15(11)18-12(22)7-25-14)10(2)21(20-9)16(3)4-5-26(23,24)8-16/h6,14H,4-5,7-8H2,1-3H3,(H2,17,18,19,22)/t14-,16+/m1/s1. The summed E-state index contributed by atoms with van der Waals surface area (Å²) in [5.74, 6) is 1.18. The van der Waals surface area contributed by atoms with Gasteiger partial charge in [-0.05, 0) is 27.2 Å². The first-order valence-corrected chi connectivity index (χ1v) is 11.3. The van der Waals surface area contributed by atoms with E-state index in [1.165, 1.54) is 11.8 Å². The Kier molecular flexibility index (Phi) is 3.96. The molecule has 2 N–H and O–H groups in total. The van der Waals surface area contributed by atoms with Crippen LogP contribution in [0.3, 0.4) is 0 Å². The molecule has 140 valence electrons. The lowest BCUT2D eigenvalue weighted by molar-refractivity contribution is -0.113. The number of amides is 1. The smallest absolute Gasteiger partial charge is 0.235 e. The van der Waals surface area contributed by atoms with E-state index in [0.717, 1.165) is 22.5 Å². The van der Waals surface area contributed by atoms with E-state index < -0.39 is 15.4 Å². The van der Waals surface area contributed by atoms with Crippen LogP contribution in [0.15, 0.2) is 6.20 Å². The van der Waals surface area contributed by atoms with Crippen LogP contribution in [0, 0.1) is 13.8 Å². The molecule has 0 aliphatic carbocycles. The normalized spacial score (nSPS) is 27.8. The van der Waals surface area contributed by atoms with Gasteiger partial charge in [0.1, 0.15) is 5.82 Å². The number of aromatic nitrogens is 4. The van der Waals surface area contributed by atoms with Gasteiger partial charge in [-0.25, -0.2) is 8.42 Å². The summed E-state index contributed by atoms with van der Waals surface area (Å²) in [6, 6.07) is 0. The number of thioether (sulfide) groups is 1. The van der Waals surface area contributed by atoms with Crippen LogP contribution in [0.5, 0.6) is 0 Å². The summed E-state index contributed by atoms with van der Waals surface area (Å²) in [7, 11) is -3.04. The molecule has 0 aromatic carbocycles. The molecular weight excluding hydrogens is 374 g/mol. The number of carbonyl (C=O) groups excluding carboxylic acids is 1. The van der Waals surface area contributed by atoms with Crippen molar-refractivity contribution in [1.82, 2.24) is 20.0 Å². The van der Waals surface area contributed by atoms with E-state index in [4.69, 9.17) is 5.10 Å². The molecule has 1 fully saturated rings. The predicted octanol–water partition coefficient (Wildman–Crippen LogP) is 1.53. The van der Waals surface area contributed by atoms with Crippen molar-refractivity contribution in [3.63, 3.8) is 0 Å². The van der Waals surface area contributed by atoms with Crippen LogP contribution in [-0.2, 0) is 20.2 Å². The molecule has 0 bridgehead atoms. The Hall–Kier alpha value is -1.81. The minimum absolute atomic E-state index is 0.0699. The van der Waals surface area contributed by atoms with Crippen LogP contribution in [0.2, 0.25) is 0 Å². The quantitative estimate of drug-likeness (QED) is 0.798. The molecular formula is C16H21N5O3S2. The van der Waals surface area contributed by atoms with Gasteiger partial charge in [-0.3, -0.25) is 14.6 Å². The Morgan fingerprint density at radius 3 is 2.85 bits per heavy atom. The van der Waals surface area contributed by atoms with E-state index in [-0.39, 0.29) is 22.7 Å². The molecule has 2 aromatic heterocycles. The predicted molar refractivity (Wildman–Crippen MR) is 100 cm³/mol. The number of nitrogens with one attached hydrogen (secondary N) is 2. The lowest BCUT2D eigenvalue weighted by Gasteiger charge is -2.25. The molecule has 4 heterocycles. The van der Waals surface area contributed by atoms with Crippen molar-refractivity contribution in [3.8, 4) is 0 Å². The Bertz CT molecular complexity index is 994. The average molecular weight is 396 g/mol. The van der Waals surface area contributed by atoms with Crippen molar-refractivity contribution in [2.24, 2.45) is 0 Å². The fourth-order valence-corrected chi connectivity index (χ4v) is 7.34. The number of hydrogen-bond acceptors (Lipinski definition) is 6. The number of hydrogen-bond donors (Lipinski definition) is 2. The number of H-pyrrole nitrogens is 1. The van der Waals surface area contributed by atoms with E-state index >= 15 is 0 Å². The summed E-state index contributed by atoms with van der Waals surface area (Å²) < 4.78 is 25.9. The minimum Gasteiger partial charge on any atom is -0.310 e. The van der Waals surface area contributed by atoms with Gasteiger partial charge in [-0.15, -0.1) is 11.8 Å². The molecule has 1 amide bonds. The zero-order valence-electron chi connectivity index (χ0n) is 14.9. The van der Waals surface area contributed by atoms with Crippen molar-refractivity contribution < 1.29 is 13.2 Å². The van der Waals surface area contributed by atoms with Crippen molar-refractivity contribution in [2.45, 2.75) is 38.0 Å². The first-order valence-electron chi connectivity index (χ1n) is 8.42. The zero-order chi connectivity index (χ0) is 18.7. The lowest BCUT2D eigenvalue weighted by Crippen LogP contribution is -2.33. The van der Waals surface area contributed by atoms with Gasteiger partial charge >= 0.3 is 0 Å². The third-order valence-corrected chi connectivity index (χ3v) is 8.34. The summed E-state index contributed by atoms with van der Waals surface area (Å²) in [6.45, 7) is 5.87. The van der Waals surface area contributed by atoms with Crippen LogP contribution in [0.25, 0.3) is 0 Å². The molecule has 0 saturated carbocycles. The summed E-state index contributed by atoms with van der Waals surface area (Å²) in [6.07, 6.45) is 2.29. The third-order valence-electron chi connectivity index (χ3n) is 5.20. The van der Waals surface area contributed by atoms with Gasteiger partial charge in [0.15, 0.2) is 9.84 Å². The van der Waals surface area contributed by atoms with E-state index in [9.17, 15) is 13.2 Å². The molecule has 0 radical (unpaired) electrons. The Morgan fingerprint density at radius 1 is 1.38 bits per heavy atom. The van der Waals surface area contributed by atoms with Crippen LogP contribution < -0.4 is 5.32 Å². The van der Waals surface area contributed by atoms with E-state index in [1.54, 1.807) is 6.20 Å². The van der Waals surface area contributed by atoms with Crippen LogP contribution in [0.4, 0.5) is 5.82 Å². The van der Waals surface area contributed by atoms with Crippen molar-refractivity contribution in [2.75, 3.05) is 22.6 Å². The van der Waals surface area contributed by atoms with Crippen molar-refractivity contribution in [1.29, 1.82) is 0 Å². The molecule has 2 atom stereocenters. The highest BCUT2D eigenvalue weighted by atomic mass is 32.2. The van der Waals surface area contributed by atoms with E-state index in [2.05, 4.69) is 15.5 Å². The van der Waals surface area contributed by atoms with E-state index in [0.29, 0.717) is 18.0 Å². The second-order valence-corrected chi connectivity index (χ2v) is 10.6. The molecule has 26 heavy (non-hydrogen) atoms. The van der Waals surface area contributed by atoms with Gasteiger partial charge in [0.05, 0.1) is 39.9 Å². The monoisotopic (exact) mass is 395 g/mol. The van der Waals surface area contributed by atoms with Crippen LogP contribution >= 0.6 is 11.8 Å². The van der Waals surface area contributed by atoms with Gasteiger partial charge in [-0.2, -0.15) is 10.2 Å². The first-order chi connectivity index (χ1) is 12.2. The maximum Gasteiger partial charge on any atom is 0.235 e. The van der Waals surface area contributed by atoms with Gasteiger partial charge in [0.2, 0.25) is 5.91 Å². The average Bonchev–Trinajstić information content (AvgIpc) is 3.17. The second kappa shape index (κ2) is 5.85. The SMILES string of the molecule is Cc1nn([C@@]2(C)CCS(=O)(=O)C2)c(C)c1[C@@H]1SCC(=O)Nc2[nH]ncc21. The maximum absolute atomic E-state index is 12.0. The number of rotatable bonds is 2. The Morgan fingerprint density at radius 2 is 2.15 bits per heavy atom. The lowest BCUT2D eigenvalue weighted by atomic mass is 10.0. The Balaban J connectivity index is 1.80. The van der Waals surface area contributed by atoms with Crippen LogP contribution in [-0.4, -0.2) is 51.6 Å². The minimum atomic E-state index is -3.04. The van der Waals surface area contributed by atoms with Crippen LogP contribution in [0.1, 0.15) is 41.1 Å². The number of sulfone groups is 1. The summed E-state index contributed by atoms with van der Waals surface area (Å²) in [4.78, 5) is 12.0. The third kappa shape index (κ3) is 2.75. The van der Waals surface area contributed by atoms with Gasteiger partial charge in [0, 0.05) is 16.8 Å². The summed E-state index contributed by atoms with van der Waals surface area (Å²) in [5, 5.41) is 14.4. The maximum atomic E-state index is 12.0. The number of nitrogens with zero attached hydrogens (tertiary/aromatic N) is 3. The van der Waals surface area contributed by atoms with Gasteiger partial charge in [-0.1, -0.05) is 0 Å². The van der Waals surface area contributed by atoms with Crippen molar-refractivity contribution >= 4 is 33.3 Å². The van der Waals surface area contributed by atoms with E-state index in [1.807, 2.05) is 25.5 Å². The molecule has 10 heteroatoms. The molecule has 2 aliphatic heterocycles. The molecule has 2 aliphatic rings. The highest BCUT2D eigenvalue weighted by Gasteiger charge is 2.42. The summed E-state index contributed by atoms with van der Waals surface area (Å²) >= 11 is 1.53. The first kappa shape index (κ1) is 17.6. The number of fused-ring (bicyclic) bond motifs is 1. The molecule has 8 nitrogen and oxygen atoms in total. The molecule has 0 spiro atoms. The highest BCUT2D eigenvalue weighted by Crippen LogP contribution is 2.44. The number of anilines is 1. The zero-order valence-corrected chi connectivity index (χ0v) is 16.5. The number of aryl methyl sites for hydroxylation is 1. The number of aromatic amines is 1. The molecule has 1 saturated heterocycles. The highest BCUT2D eigenvalue weighted by molar-refractivity contribution is 8.00. The largest absolute Gasteiger partial charge is 0.310 e. The van der Waals surface area contributed by atoms with Crippen molar-refractivity contribution in [3.05, 3.63) is 28.7 Å².